The molecule has 4 nitrogen and oxygen atoms in total. The molecule has 0 aliphatic rings. The third-order valence-electron chi connectivity index (χ3n) is 1.90. The molecule has 1 aromatic carbocycles. The van der Waals surface area contributed by atoms with Gasteiger partial charge >= 0.3 is 12.7 Å². The van der Waals surface area contributed by atoms with Crippen molar-refractivity contribution in [2.24, 2.45) is 0 Å². The Morgan fingerprint density at radius 1 is 1.35 bits per heavy atom. The molecule has 0 radical (unpaired) electrons. The van der Waals surface area contributed by atoms with Crippen molar-refractivity contribution in [3.63, 3.8) is 0 Å². The minimum absolute atomic E-state index is 0.450. The fourth-order valence-electron chi connectivity index (χ4n) is 1.24. The topological polar surface area (TPSA) is 47.6 Å². The largest absolute Gasteiger partial charge is 0.444 e. The summed E-state index contributed by atoms with van der Waals surface area (Å²) in [6.07, 6.45) is -0.965. The van der Waals surface area contributed by atoms with Crippen LogP contribution < -0.4 is 10.1 Å². The number of anilines is 1. The Hall–Kier alpha value is -1.63. The number of nitrogens with one attached hydrogen (secondary N) is 1. The Labute approximate surface area is 118 Å². The lowest BCUT2D eigenvalue weighted by atomic mass is 10.2. The Kier molecular flexibility index (Phi) is 5.10. The SMILES string of the molecule is CC(C)(C)OC(=O)Nc1c(F)ccc(OC(F)F)c1Cl. The van der Waals surface area contributed by atoms with Gasteiger partial charge in [0.25, 0.3) is 0 Å². The molecule has 0 atom stereocenters. The number of rotatable bonds is 3. The third kappa shape index (κ3) is 4.80. The quantitative estimate of drug-likeness (QED) is 0.898. The molecule has 0 aromatic heterocycles. The minimum atomic E-state index is -3.12. The Bertz CT molecular complexity index is 503. The summed E-state index contributed by atoms with van der Waals surface area (Å²) in [5.41, 5.74) is -1.29. The summed E-state index contributed by atoms with van der Waals surface area (Å²) in [4.78, 5) is 11.5. The monoisotopic (exact) mass is 311 g/mol. The zero-order valence-electron chi connectivity index (χ0n) is 11.0. The van der Waals surface area contributed by atoms with Crippen LogP contribution in [0.1, 0.15) is 20.8 Å². The molecule has 0 bridgehead atoms. The summed E-state index contributed by atoms with van der Waals surface area (Å²) in [5.74, 6) is -1.35. The van der Waals surface area contributed by atoms with E-state index in [0.29, 0.717) is 0 Å². The Balaban J connectivity index is 2.97. The summed E-state index contributed by atoms with van der Waals surface area (Å²) in [6, 6.07) is 1.78. The second-order valence-electron chi connectivity index (χ2n) is 4.74. The second-order valence-corrected chi connectivity index (χ2v) is 5.12. The molecular formula is C12H13ClF3NO3. The van der Waals surface area contributed by atoms with Crippen molar-refractivity contribution in [1.29, 1.82) is 0 Å². The molecular weight excluding hydrogens is 299 g/mol. The number of hydrogen-bond acceptors (Lipinski definition) is 3. The summed E-state index contributed by atoms with van der Waals surface area (Å²) in [6.45, 7) is 1.72. The summed E-state index contributed by atoms with van der Waals surface area (Å²) < 4.78 is 46.8. The smallest absolute Gasteiger partial charge is 0.412 e. The molecule has 0 saturated heterocycles. The number of benzene rings is 1. The highest BCUT2D eigenvalue weighted by Gasteiger charge is 2.21. The molecule has 20 heavy (non-hydrogen) atoms. The van der Waals surface area contributed by atoms with E-state index >= 15 is 0 Å². The van der Waals surface area contributed by atoms with Gasteiger partial charge in [-0.1, -0.05) is 11.6 Å². The lowest BCUT2D eigenvalue weighted by Crippen LogP contribution is -2.27. The molecule has 1 N–H and O–H groups in total. The fourth-order valence-corrected chi connectivity index (χ4v) is 1.49. The average molecular weight is 312 g/mol. The molecule has 8 heteroatoms. The highest BCUT2D eigenvalue weighted by Crippen LogP contribution is 2.35. The summed E-state index contributed by atoms with van der Waals surface area (Å²) >= 11 is 5.70. The average Bonchev–Trinajstić information content (AvgIpc) is 2.25. The second kappa shape index (κ2) is 6.21. The van der Waals surface area contributed by atoms with Gasteiger partial charge in [0.1, 0.15) is 27.9 Å². The molecule has 0 unspecified atom stereocenters. The van der Waals surface area contributed by atoms with E-state index in [9.17, 15) is 18.0 Å². The van der Waals surface area contributed by atoms with Crippen LogP contribution in [0, 0.1) is 5.82 Å². The van der Waals surface area contributed by atoms with Crippen molar-refractivity contribution < 1.29 is 27.4 Å². The number of hydrogen-bond donors (Lipinski definition) is 1. The van der Waals surface area contributed by atoms with Crippen molar-refractivity contribution in [3.8, 4) is 5.75 Å². The summed E-state index contributed by atoms with van der Waals surface area (Å²) in [5, 5.41) is 1.58. The van der Waals surface area contributed by atoms with E-state index in [1.165, 1.54) is 0 Å². The van der Waals surface area contributed by atoms with Gasteiger partial charge in [0.2, 0.25) is 0 Å². The van der Waals surface area contributed by atoms with E-state index < -0.39 is 40.6 Å². The number of carbonyl (C=O) groups is 1. The molecule has 0 fully saturated rings. The van der Waals surface area contributed by atoms with E-state index in [2.05, 4.69) is 10.1 Å². The maximum absolute atomic E-state index is 13.6. The Morgan fingerprint density at radius 3 is 2.45 bits per heavy atom. The molecule has 0 aliphatic carbocycles. The number of ether oxygens (including phenoxy) is 2. The molecule has 0 aliphatic heterocycles. The van der Waals surface area contributed by atoms with Gasteiger partial charge in [-0.05, 0) is 32.9 Å². The predicted molar refractivity (Wildman–Crippen MR) is 67.9 cm³/mol. The van der Waals surface area contributed by atoms with Crippen molar-refractivity contribution in [3.05, 3.63) is 23.0 Å². The first-order valence-electron chi connectivity index (χ1n) is 5.53. The number of halogens is 4. The van der Waals surface area contributed by atoms with Gasteiger partial charge in [-0.15, -0.1) is 0 Å². The molecule has 0 spiro atoms. The van der Waals surface area contributed by atoms with E-state index in [-0.39, 0.29) is 0 Å². The van der Waals surface area contributed by atoms with Crippen LogP contribution in [-0.4, -0.2) is 18.3 Å². The zero-order chi connectivity index (χ0) is 15.5. The van der Waals surface area contributed by atoms with Crippen LogP contribution >= 0.6 is 11.6 Å². The van der Waals surface area contributed by atoms with Gasteiger partial charge in [-0.2, -0.15) is 8.78 Å². The van der Waals surface area contributed by atoms with Gasteiger partial charge < -0.3 is 9.47 Å². The Morgan fingerprint density at radius 2 is 1.95 bits per heavy atom. The zero-order valence-corrected chi connectivity index (χ0v) is 11.7. The van der Waals surface area contributed by atoms with Crippen LogP contribution in [0.2, 0.25) is 5.02 Å². The van der Waals surface area contributed by atoms with Gasteiger partial charge in [0.05, 0.1) is 0 Å². The first-order chi connectivity index (χ1) is 9.10. The van der Waals surface area contributed by atoms with Gasteiger partial charge in [0, 0.05) is 0 Å². The summed E-state index contributed by atoms with van der Waals surface area (Å²) in [7, 11) is 0. The molecule has 1 rings (SSSR count). The maximum Gasteiger partial charge on any atom is 0.412 e. The van der Waals surface area contributed by atoms with Crippen molar-refractivity contribution >= 4 is 23.4 Å². The van der Waals surface area contributed by atoms with Crippen molar-refractivity contribution in [2.45, 2.75) is 33.0 Å². The first-order valence-corrected chi connectivity index (χ1v) is 5.91. The number of amides is 1. The van der Waals surface area contributed by atoms with Crippen LogP contribution in [0.25, 0.3) is 0 Å². The van der Waals surface area contributed by atoms with Crippen LogP contribution in [0.5, 0.6) is 5.75 Å². The van der Waals surface area contributed by atoms with Gasteiger partial charge in [-0.25, -0.2) is 9.18 Å². The fraction of sp³-hybridized carbons (Fsp3) is 0.417. The van der Waals surface area contributed by atoms with Gasteiger partial charge in [0.15, 0.2) is 0 Å². The standard InChI is InChI=1S/C12H13ClF3NO3/c1-12(2,3)20-11(18)17-9-6(14)4-5-7(8(9)13)19-10(15)16/h4-5,10H,1-3H3,(H,17,18). The highest BCUT2D eigenvalue weighted by molar-refractivity contribution is 6.35. The van der Waals surface area contributed by atoms with Crippen LogP contribution in [0.15, 0.2) is 12.1 Å². The maximum atomic E-state index is 13.6. The molecule has 1 amide bonds. The van der Waals surface area contributed by atoms with E-state index in [1.54, 1.807) is 20.8 Å². The van der Waals surface area contributed by atoms with Gasteiger partial charge in [-0.3, -0.25) is 5.32 Å². The lowest BCUT2D eigenvalue weighted by Gasteiger charge is -2.20. The molecule has 0 saturated carbocycles. The van der Waals surface area contributed by atoms with E-state index in [1.807, 2.05) is 0 Å². The lowest BCUT2D eigenvalue weighted by molar-refractivity contribution is -0.0497. The number of carbonyl (C=O) groups excluding carboxylic acids is 1. The first kappa shape index (κ1) is 16.4. The number of alkyl halides is 2. The van der Waals surface area contributed by atoms with Crippen molar-refractivity contribution in [1.82, 2.24) is 0 Å². The van der Waals surface area contributed by atoms with Crippen LogP contribution in [0.4, 0.5) is 23.7 Å². The normalized spacial score (nSPS) is 11.4. The van der Waals surface area contributed by atoms with Crippen LogP contribution in [-0.2, 0) is 4.74 Å². The highest BCUT2D eigenvalue weighted by atomic mass is 35.5. The molecule has 0 heterocycles. The van der Waals surface area contributed by atoms with E-state index in [4.69, 9.17) is 16.3 Å². The molecule has 112 valence electrons. The van der Waals surface area contributed by atoms with Crippen molar-refractivity contribution in [2.75, 3.05) is 5.32 Å². The molecule has 1 aromatic rings. The van der Waals surface area contributed by atoms with Crippen LogP contribution in [0.3, 0.4) is 0 Å². The predicted octanol–water partition coefficient (Wildman–Crippen LogP) is 4.43. The minimum Gasteiger partial charge on any atom is -0.444 e. The van der Waals surface area contributed by atoms with E-state index in [0.717, 1.165) is 12.1 Å². The third-order valence-corrected chi connectivity index (χ3v) is 2.27.